The van der Waals surface area contributed by atoms with Crippen molar-refractivity contribution in [1.29, 1.82) is 0 Å². The second kappa shape index (κ2) is 11.7. The zero-order valence-corrected chi connectivity index (χ0v) is 26.2. The van der Waals surface area contributed by atoms with Crippen LogP contribution in [0.4, 0.5) is 38.7 Å². The highest BCUT2D eigenvalue weighted by molar-refractivity contribution is 5.94. The number of benzene rings is 2. The molecule has 47 heavy (non-hydrogen) atoms. The fourth-order valence-electron chi connectivity index (χ4n) is 6.90. The van der Waals surface area contributed by atoms with Crippen LogP contribution in [0, 0.1) is 12.7 Å². The molecular weight excluding hydrogens is 620 g/mol. The normalized spacial score (nSPS) is 20.2. The summed E-state index contributed by atoms with van der Waals surface area (Å²) in [5.74, 6) is 0.0148. The topological polar surface area (TPSA) is 83.4 Å². The molecule has 0 aliphatic carbocycles. The van der Waals surface area contributed by atoms with Crippen LogP contribution in [0.15, 0.2) is 48.7 Å². The first-order valence-corrected chi connectivity index (χ1v) is 15.8. The van der Waals surface area contributed by atoms with E-state index in [-0.39, 0.29) is 36.6 Å². The van der Waals surface area contributed by atoms with E-state index in [0.717, 1.165) is 11.6 Å². The fraction of sp³-hybridized carbons (Fsp3) is 0.485. The molecule has 3 amide bonds. The van der Waals surface area contributed by atoms with E-state index in [1.54, 1.807) is 20.5 Å². The lowest BCUT2D eigenvalue weighted by atomic mass is 10.00. The zero-order valence-electron chi connectivity index (χ0n) is 26.2. The van der Waals surface area contributed by atoms with Gasteiger partial charge in [0.25, 0.3) is 0 Å². The van der Waals surface area contributed by atoms with Gasteiger partial charge in [-0.05, 0) is 49.9 Å². The number of carbonyl (C=O) groups is 2. The molecule has 3 fully saturated rings. The average Bonchev–Trinajstić information content (AvgIpc) is 3.40. The molecule has 1 aromatic heterocycles. The Labute approximate surface area is 269 Å². The largest absolute Gasteiger partial charge is 0.438 e. The zero-order chi connectivity index (χ0) is 33.1. The van der Waals surface area contributed by atoms with Gasteiger partial charge < -0.3 is 24.2 Å². The van der Waals surface area contributed by atoms with Gasteiger partial charge in [-0.1, -0.05) is 30.3 Å². The van der Waals surface area contributed by atoms with Gasteiger partial charge >= 0.3 is 18.3 Å². The molecule has 7 rings (SSSR count). The standard InChI is InChI=1S/C33H36F4N6O4/c1-21-6-5-9-27(34)28(21)39-12-10-24(11-13-39)41-15-23-16-43(25-17-40(18-25)31(45)47-32(2)19-46-20-32)38-29(23)42(30(41)44)14-22-7-3-4-8-26(22)33(35,36)37/h3-9,16,24-25H,10-15,17-20H2,1-2H3. The Morgan fingerprint density at radius 2 is 1.79 bits per heavy atom. The van der Waals surface area contributed by atoms with Gasteiger partial charge in [0.2, 0.25) is 0 Å². The molecule has 5 heterocycles. The molecule has 0 radical (unpaired) electrons. The monoisotopic (exact) mass is 656 g/mol. The van der Waals surface area contributed by atoms with Gasteiger partial charge in [0.05, 0.1) is 43.6 Å². The Hall–Kier alpha value is -4.33. The number of para-hydroxylation sites is 1. The maximum absolute atomic E-state index is 14.7. The quantitative estimate of drug-likeness (QED) is 0.315. The van der Waals surface area contributed by atoms with Gasteiger partial charge in [-0.25, -0.2) is 14.0 Å². The van der Waals surface area contributed by atoms with Crippen molar-refractivity contribution in [1.82, 2.24) is 19.6 Å². The number of rotatable bonds is 6. The van der Waals surface area contributed by atoms with Crippen LogP contribution >= 0.6 is 0 Å². The van der Waals surface area contributed by atoms with E-state index >= 15 is 0 Å². The molecule has 3 aromatic rings. The molecule has 2 aromatic carbocycles. The second-order valence-corrected chi connectivity index (χ2v) is 13.1. The summed E-state index contributed by atoms with van der Waals surface area (Å²) >= 11 is 0. The predicted molar refractivity (Wildman–Crippen MR) is 163 cm³/mol. The Kier molecular flexibility index (Phi) is 7.80. The van der Waals surface area contributed by atoms with Crippen molar-refractivity contribution in [2.75, 3.05) is 49.2 Å². The van der Waals surface area contributed by atoms with Crippen molar-refractivity contribution in [3.05, 3.63) is 76.7 Å². The fourth-order valence-corrected chi connectivity index (χ4v) is 6.90. The molecule has 0 atom stereocenters. The SMILES string of the molecule is Cc1cccc(F)c1N1CCC(N2Cc3cn(C4CN(C(=O)OC5(C)COC5)C4)nc3N(Cc3ccccc3C(F)(F)F)C2=O)CC1. The van der Waals surface area contributed by atoms with E-state index in [1.807, 2.05) is 31.0 Å². The van der Waals surface area contributed by atoms with Gasteiger partial charge in [0.15, 0.2) is 11.4 Å². The number of amides is 3. The highest BCUT2D eigenvalue weighted by Gasteiger charge is 2.44. The van der Waals surface area contributed by atoms with E-state index < -0.39 is 29.5 Å². The number of aromatic nitrogens is 2. The van der Waals surface area contributed by atoms with Crippen LogP contribution in [-0.2, 0) is 28.7 Å². The number of halogens is 4. The molecule has 0 saturated carbocycles. The minimum atomic E-state index is -4.60. The maximum atomic E-state index is 14.7. The summed E-state index contributed by atoms with van der Waals surface area (Å²) in [6.07, 6.45) is -2.07. The second-order valence-electron chi connectivity index (χ2n) is 13.1. The molecule has 4 aliphatic heterocycles. The van der Waals surface area contributed by atoms with Crippen LogP contribution in [0.1, 0.15) is 48.1 Å². The number of fused-ring (bicyclic) bond motifs is 1. The van der Waals surface area contributed by atoms with Gasteiger partial charge in [-0.3, -0.25) is 9.58 Å². The first-order valence-electron chi connectivity index (χ1n) is 15.8. The van der Waals surface area contributed by atoms with Crippen LogP contribution in [-0.4, -0.2) is 82.7 Å². The van der Waals surface area contributed by atoms with Crippen LogP contribution in [0.25, 0.3) is 0 Å². The van der Waals surface area contributed by atoms with Crippen molar-refractivity contribution in [3.63, 3.8) is 0 Å². The molecule has 0 bridgehead atoms. The lowest BCUT2D eigenvalue weighted by molar-refractivity contribution is -0.174. The summed E-state index contributed by atoms with van der Waals surface area (Å²) in [6, 6.07) is 9.41. The third-order valence-electron chi connectivity index (χ3n) is 9.56. The average molecular weight is 657 g/mol. The molecule has 0 spiro atoms. The number of likely N-dealkylation sites (tertiary alicyclic amines) is 1. The molecule has 4 aliphatic rings. The number of hydrogen-bond donors (Lipinski definition) is 0. The number of alkyl halides is 3. The van der Waals surface area contributed by atoms with Gasteiger partial charge in [0.1, 0.15) is 5.82 Å². The Bertz CT molecular complexity index is 1660. The Morgan fingerprint density at radius 1 is 1.06 bits per heavy atom. The minimum absolute atomic E-state index is 0.0356. The third-order valence-corrected chi connectivity index (χ3v) is 9.56. The maximum Gasteiger partial charge on any atom is 0.416 e. The summed E-state index contributed by atoms with van der Waals surface area (Å²) in [5, 5.41) is 4.70. The number of nitrogens with zero attached hydrogens (tertiary/aromatic N) is 6. The number of urea groups is 1. The summed E-state index contributed by atoms with van der Waals surface area (Å²) < 4.78 is 69.1. The number of carbonyl (C=O) groups excluding carboxylic acids is 2. The summed E-state index contributed by atoms with van der Waals surface area (Å²) in [5.41, 5.74) is 0.622. The van der Waals surface area contributed by atoms with Crippen LogP contribution in [0.2, 0.25) is 0 Å². The van der Waals surface area contributed by atoms with Gasteiger partial charge in [-0.15, -0.1) is 0 Å². The number of ether oxygens (including phenoxy) is 2. The van der Waals surface area contributed by atoms with E-state index in [0.29, 0.717) is 69.3 Å². The van der Waals surface area contributed by atoms with Crippen LogP contribution < -0.4 is 9.80 Å². The van der Waals surface area contributed by atoms with E-state index in [2.05, 4.69) is 0 Å². The summed E-state index contributed by atoms with van der Waals surface area (Å²) in [7, 11) is 0. The molecule has 10 nitrogen and oxygen atoms in total. The number of piperidine rings is 1. The van der Waals surface area contributed by atoms with Crippen molar-refractivity contribution in [2.24, 2.45) is 0 Å². The van der Waals surface area contributed by atoms with E-state index in [9.17, 15) is 27.2 Å². The molecule has 14 heteroatoms. The number of anilines is 2. The lowest BCUT2D eigenvalue weighted by Gasteiger charge is -2.43. The summed E-state index contributed by atoms with van der Waals surface area (Å²) in [4.78, 5) is 33.4. The van der Waals surface area contributed by atoms with Crippen molar-refractivity contribution < 1.29 is 36.6 Å². The van der Waals surface area contributed by atoms with E-state index in [4.69, 9.17) is 14.6 Å². The molecular formula is C33H36F4N6O4. The highest BCUT2D eigenvalue weighted by atomic mass is 19.4. The molecule has 250 valence electrons. The summed E-state index contributed by atoms with van der Waals surface area (Å²) in [6.45, 7) is 6.05. The molecule has 0 N–H and O–H groups in total. The highest BCUT2D eigenvalue weighted by Crippen LogP contribution is 2.38. The van der Waals surface area contributed by atoms with Crippen molar-refractivity contribution in [2.45, 2.75) is 63.6 Å². The lowest BCUT2D eigenvalue weighted by Crippen LogP contribution is -2.57. The number of aryl methyl sites for hydroxylation is 1. The van der Waals surface area contributed by atoms with E-state index in [1.165, 1.54) is 29.2 Å². The molecule has 0 unspecified atom stereocenters. The van der Waals surface area contributed by atoms with Gasteiger partial charge in [-0.2, -0.15) is 18.3 Å². The Morgan fingerprint density at radius 3 is 2.45 bits per heavy atom. The minimum Gasteiger partial charge on any atom is -0.438 e. The van der Waals surface area contributed by atoms with Crippen molar-refractivity contribution in [3.8, 4) is 0 Å². The van der Waals surface area contributed by atoms with Gasteiger partial charge in [0, 0.05) is 44.0 Å². The first-order chi connectivity index (χ1) is 22.4. The molecule has 3 saturated heterocycles. The number of hydrogen-bond acceptors (Lipinski definition) is 6. The van der Waals surface area contributed by atoms with Crippen molar-refractivity contribution >= 4 is 23.6 Å². The smallest absolute Gasteiger partial charge is 0.416 e. The van der Waals surface area contributed by atoms with Crippen LogP contribution in [0.3, 0.4) is 0 Å². The van der Waals surface area contributed by atoms with Crippen LogP contribution in [0.5, 0.6) is 0 Å². The third kappa shape index (κ3) is 5.87. The predicted octanol–water partition coefficient (Wildman–Crippen LogP) is 5.74. The first kappa shape index (κ1) is 31.3. The Balaban J connectivity index is 1.12.